The third kappa shape index (κ3) is 2.01. The molecule has 3 heteroatoms. The summed E-state index contributed by atoms with van der Waals surface area (Å²) in [5.41, 5.74) is 1.02. The number of ketones is 1. The molecule has 0 unspecified atom stereocenters. The quantitative estimate of drug-likeness (QED) is 0.675. The fourth-order valence-electron chi connectivity index (χ4n) is 0.732. The molecular weight excluding hydrogens is 128 g/mol. The zero-order valence-corrected chi connectivity index (χ0v) is 5.92. The number of hydrogen-bond donors (Lipinski definition) is 1. The lowest BCUT2D eigenvalue weighted by Gasteiger charge is -1.90. The molecule has 0 aromatic carbocycles. The van der Waals surface area contributed by atoms with Gasteiger partial charge in [-0.15, -0.1) is 0 Å². The van der Waals surface area contributed by atoms with E-state index in [1.807, 2.05) is 0 Å². The van der Waals surface area contributed by atoms with Gasteiger partial charge in [-0.25, -0.2) is 4.98 Å². The Morgan fingerprint density at radius 2 is 2.60 bits per heavy atom. The van der Waals surface area contributed by atoms with Crippen molar-refractivity contribution in [3.8, 4) is 0 Å². The first kappa shape index (κ1) is 6.99. The summed E-state index contributed by atoms with van der Waals surface area (Å²) < 4.78 is 0. The Kier molecular flexibility index (Phi) is 2.20. The van der Waals surface area contributed by atoms with Gasteiger partial charge in [0.15, 0.2) is 0 Å². The largest absolute Gasteiger partial charge is 0.348 e. The smallest absolute Gasteiger partial charge is 0.130 e. The number of hydrogen-bond acceptors (Lipinski definition) is 2. The lowest BCUT2D eigenvalue weighted by molar-refractivity contribution is -0.116. The van der Waals surface area contributed by atoms with Crippen LogP contribution in [0, 0.1) is 0 Å². The summed E-state index contributed by atoms with van der Waals surface area (Å²) in [7, 11) is 0. The van der Waals surface area contributed by atoms with Crippen LogP contribution in [0.3, 0.4) is 0 Å². The van der Waals surface area contributed by atoms with Crippen LogP contribution in [0.4, 0.5) is 0 Å². The van der Waals surface area contributed by atoms with Gasteiger partial charge in [-0.3, -0.25) is 0 Å². The van der Waals surface area contributed by atoms with Crippen LogP contribution in [0.25, 0.3) is 0 Å². The molecule has 0 saturated heterocycles. The third-order valence-electron chi connectivity index (χ3n) is 1.30. The molecular formula is C7H10N2O. The van der Waals surface area contributed by atoms with Crippen molar-refractivity contribution < 1.29 is 4.79 Å². The van der Waals surface area contributed by atoms with Gasteiger partial charge in [-0.1, -0.05) is 0 Å². The van der Waals surface area contributed by atoms with E-state index in [9.17, 15) is 4.79 Å². The number of nitrogens with zero attached hydrogens (tertiary/aromatic N) is 1. The summed E-state index contributed by atoms with van der Waals surface area (Å²) in [5, 5.41) is 0. The van der Waals surface area contributed by atoms with E-state index in [1.165, 1.54) is 0 Å². The number of carbonyl (C=O) groups is 1. The first-order valence-corrected chi connectivity index (χ1v) is 3.25. The highest BCUT2D eigenvalue weighted by atomic mass is 16.1. The van der Waals surface area contributed by atoms with Crippen molar-refractivity contribution in [3.05, 3.63) is 18.2 Å². The normalized spacial score (nSPS) is 9.70. The second kappa shape index (κ2) is 3.15. The third-order valence-corrected chi connectivity index (χ3v) is 1.30. The van der Waals surface area contributed by atoms with E-state index in [0.29, 0.717) is 6.42 Å². The molecule has 0 fully saturated rings. The average molecular weight is 138 g/mol. The maximum atomic E-state index is 10.5. The van der Waals surface area contributed by atoms with Crippen molar-refractivity contribution in [3.63, 3.8) is 0 Å². The number of rotatable bonds is 3. The van der Waals surface area contributed by atoms with Gasteiger partial charge >= 0.3 is 0 Å². The number of aromatic nitrogens is 2. The van der Waals surface area contributed by atoms with Crippen LogP contribution in [-0.2, 0) is 11.2 Å². The molecule has 0 amide bonds. The maximum Gasteiger partial charge on any atom is 0.130 e. The van der Waals surface area contributed by atoms with Gasteiger partial charge in [0, 0.05) is 18.3 Å². The Hall–Kier alpha value is -1.12. The minimum absolute atomic E-state index is 0.217. The van der Waals surface area contributed by atoms with Gasteiger partial charge in [0.25, 0.3) is 0 Å². The number of Topliss-reactive ketones (excluding diaryl/α,β-unsaturated/α-hetero) is 1. The molecule has 1 rings (SSSR count). The Morgan fingerprint density at radius 1 is 1.80 bits per heavy atom. The summed E-state index contributed by atoms with van der Waals surface area (Å²) in [6.07, 6.45) is 4.73. The summed E-state index contributed by atoms with van der Waals surface area (Å²) in [5.74, 6) is 0.217. The number of nitrogens with one attached hydrogen (secondary N) is 1. The SMILES string of the molecule is CC(=O)CCc1cnc[nH]1. The standard InChI is InChI=1S/C7H10N2O/c1-6(10)2-3-7-4-8-5-9-7/h4-5H,2-3H2,1H3,(H,8,9). The van der Waals surface area contributed by atoms with E-state index < -0.39 is 0 Å². The van der Waals surface area contributed by atoms with E-state index in [2.05, 4.69) is 9.97 Å². The molecule has 0 aliphatic carbocycles. The summed E-state index contributed by atoms with van der Waals surface area (Å²) in [6, 6.07) is 0. The molecule has 0 saturated carbocycles. The van der Waals surface area contributed by atoms with Gasteiger partial charge in [0.2, 0.25) is 0 Å². The predicted molar refractivity (Wildman–Crippen MR) is 37.6 cm³/mol. The Bertz CT molecular complexity index is 203. The molecule has 54 valence electrons. The molecule has 0 spiro atoms. The van der Waals surface area contributed by atoms with Crippen molar-refractivity contribution in [1.29, 1.82) is 0 Å². The average Bonchev–Trinajstić information content (AvgIpc) is 2.34. The molecule has 1 N–H and O–H groups in total. The van der Waals surface area contributed by atoms with Gasteiger partial charge in [0.1, 0.15) is 5.78 Å². The van der Waals surface area contributed by atoms with Crippen LogP contribution >= 0.6 is 0 Å². The van der Waals surface area contributed by atoms with Crippen molar-refractivity contribution in [1.82, 2.24) is 9.97 Å². The second-order valence-electron chi connectivity index (χ2n) is 2.28. The zero-order valence-electron chi connectivity index (χ0n) is 5.92. The van der Waals surface area contributed by atoms with Crippen molar-refractivity contribution in [2.75, 3.05) is 0 Å². The van der Waals surface area contributed by atoms with E-state index in [4.69, 9.17) is 0 Å². The second-order valence-corrected chi connectivity index (χ2v) is 2.28. The van der Waals surface area contributed by atoms with Gasteiger partial charge < -0.3 is 9.78 Å². The van der Waals surface area contributed by atoms with E-state index in [0.717, 1.165) is 12.1 Å². The monoisotopic (exact) mass is 138 g/mol. The van der Waals surface area contributed by atoms with E-state index >= 15 is 0 Å². The molecule has 0 atom stereocenters. The Balaban J connectivity index is 2.35. The molecule has 1 aromatic heterocycles. The molecule has 3 nitrogen and oxygen atoms in total. The molecule has 1 heterocycles. The molecule has 0 bridgehead atoms. The van der Waals surface area contributed by atoms with Crippen LogP contribution in [0.2, 0.25) is 0 Å². The lowest BCUT2D eigenvalue weighted by atomic mass is 10.2. The summed E-state index contributed by atoms with van der Waals surface area (Å²) in [6.45, 7) is 1.59. The minimum atomic E-state index is 0.217. The van der Waals surface area contributed by atoms with Crippen LogP contribution in [0.5, 0.6) is 0 Å². The number of aromatic amines is 1. The maximum absolute atomic E-state index is 10.5. The highest BCUT2D eigenvalue weighted by Crippen LogP contribution is 1.96. The Morgan fingerprint density at radius 3 is 3.10 bits per heavy atom. The lowest BCUT2D eigenvalue weighted by Crippen LogP contribution is -1.93. The van der Waals surface area contributed by atoms with E-state index in [-0.39, 0.29) is 5.78 Å². The predicted octanol–water partition coefficient (Wildman–Crippen LogP) is 0.931. The van der Waals surface area contributed by atoms with Crippen molar-refractivity contribution >= 4 is 5.78 Å². The van der Waals surface area contributed by atoms with Crippen LogP contribution in [-0.4, -0.2) is 15.8 Å². The van der Waals surface area contributed by atoms with Crippen molar-refractivity contribution in [2.45, 2.75) is 19.8 Å². The summed E-state index contributed by atoms with van der Waals surface area (Å²) in [4.78, 5) is 17.3. The van der Waals surface area contributed by atoms with Gasteiger partial charge in [-0.05, 0) is 13.3 Å². The van der Waals surface area contributed by atoms with Gasteiger partial charge in [0.05, 0.1) is 6.33 Å². The molecule has 0 aliphatic heterocycles. The van der Waals surface area contributed by atoms with Gasteiger partial charge in [-0.2, -0.15) is 0 Å². The molecule has 0 aliphatic rings. The fourth-order valence-corrected chi connectivity index (χ4v) is 0.732. The minimum Gasteiger partial charge on any atom is -0.348 e. The zero-order chi connectivity index (χ0) is 7.40. The molecule has 0 radical (unpaired) electrons. The highest BCUT2D eigenvalue weighted by Gasteiger charge is 1.95. The van der Waals surface area contributed by atoms with Crippen molar-refractivity contribution in [2.24, 2.45) is 0 Å². The molecule has 1 aromatic rings. The number of imidazole rings is 1. The fraction of sp³-hybridized carbons (Fsp3) is 0.429. The number of carbonyl (C=O) groups excluding carboxylic acids is 1. The summed E-state index contributed by atoms with van der Waals surface area (Å²) >= 11 is 0. The first-order chi connectivity index (χ1) is 4.79. The first-order valence-electron chi connectivity index (χ1n) is 3.25. The van der Waals surface area contributed by atoms with E-state index in [1.54, 1.807) is 19.4 Å². The van der Waals surface area contributed by atoms with Crippen LogP contribution in [0.15, 0.2) is 12.5 Å². The topological polar surface area (TPSA) is 45.8 Å². The van der Waals surface area contributed by atoms with Crippen LogP contribution < -0.4 is 0 Å². The number of aryl methyl sites for hydroxylation is 1. The van der Waals surface area contributed by atoms with Crippen LogP contribution in [0.1, 0.15) is 19.0 Å². The molecule has 10 heavy (non-hydrogen) atoms. The Labute approximate surface area is 59.5 Å². The highest BCUT2D eigenvalue weighted by molar-refractivity contribution is 5.75. The number of H-pyrrole nitrogens is 1.